The van der Waals surface area contributed by atoms with Gasteiger partial charge in [-0.1, -0.05) is 60.7 Å². The second-order valence-electron chi connectivity index (χ2n) is 4.98. The number of aromatic nitrogens is 2. The number of rotatable bonds is 4. The fourth-order valence-corrected chi connectivity index (χ4v) is 2.29. The van der Waals surface area contributed by atoms with Gasteiger partial charge >= 0.3 is 0 Å². The summed E-state index contributed by atoms with van der Waals surface area (Å²) in [6.45, 7) is 1.87. The van der Waals surface area contributed by atoms with Gasteiger partial charge in [0.05, 0.1) is 6.20 Å². The third kappa shape index (κ3) is 2.77. The van der Waals surface area contributed by atoms with Crippen molar-refractivity contribution in [2.75, 3.05) is 0 Å². The summed E-state index contributed by atoms with van der Waals surface area (Å²) in [7, 11) is 0. The molecule has 21 heavy (non-hydrogen) atoms. The minimum atomic E-state index is -0.315. The molecule has 2 aromatic carbocycles. The van der Waals surface area contributed by atoms with Gasteiger partial charge in [0.25, 0.3) is 0 Å². The van der Waals surface area contributed by atoms with Crippen LogP contribution in [0.25, 0.3) is 11.1 Å². The number of benzene rings is 2. The standard InChI is InChI=1S/C18H16N2O/c1-14(18(21)16-10-6-3-7-11-16)20-13-17(12-19-20)15-8-4-2-5-9-15/h2-14H,1H3. The summed E-state index contributed by atoms with van der Waals surface area (Å²) in [6, 6.07) is 19.0. The van der Waals surface area contributed by atoms with Crippen molar-refractivity contribution in [3.63, 3.8) is 0 Å². The number of ketones is 1. The van der Waals surface area contributed by atoms with Crippen LogP contribution in [0.4, 0.5) is 0 Å². The number of hydrogen-bond donors (Lipinski definition) is 0. The highest BCUT2D eigenvalue weighted by Crippen LogP contribution is 2.21. The predicted molar refractivity (Wildman–Crippen MR) is 83.1 cm³/mol. The van der Waals surface area contributed by atoms with Crippen molar-refractivity contribution in [2.45, 2.75) is 13.0 Å². The second-order valence-corrected chi connectivity index (χ2v) is 4.98. The molecule has 0 bridgehead atoms. The van der Waals surface area contributed by atoms with Gasteiger partial charge in [-0.05, 0) is 12.5 Å². The molecule has 0 N–H and O–H groups in total. The van der Waals surface area contributed by atoms with Gasteiger partial charge in [0.1, 0.15) is 6.04 Å². The molecule has 0 saturated heterocycles. The summed E-state index contributed by atoms with van der Waals surface area (Å²) in [5.41, 5.74) is 2.83. The molecule has 3 heteroatoms. The van der Waals surface area contributed by atoms with Gasteiger partial charge in [-0.3, -0.25) is 9.48 Å². The van der Waals surface area contributed by atoms with Crippen LogP contribution >= 0.6 is 0 Å². The van der Waals surface area contributed by atoms with E-state index in [1.54, 1.807) is 10.9 Å². The maximum absolute atomic E-state index is 12.4. The molecule has 0 amide bonds. The highest BCUT2D eigenvalue weighted by Gasteiger charge is 2.17. The first kappa shape index (κ1) is 13.3. The summed E-state index contributed by atoms with van der Waals surface area (Å²) < 4.78 is 1.72. The molecule has 3 nitrogen and oxygen atoms in total. The second kappa shape index (κ2) is 5.75. The molecule has 1 aromatic heterocycles. The molecule has 0 aliphatic heterocycles. The van der Waals surface area contributed by atoms with Crippen LogP contribution < -0.4 is 0 Å². The van der Waals surface area contributed by atoms with Gasteiger partial charge in [0.2, 0.25) is 0 Å². The van der Waals surface area contributed by atoms with Gasteiger partial charge in [0, 0.05) is 17.3 Å². The average molecular weight is 276 g/mol. The molecule has 0 fully saturated rings. The molecule has 1 unspecified atom stereocenters. The molecule has 3 rings (SSSR count). The molecule has 0 aliphatic rings. The topological polar surface area (TPSA) is 34.9 Å². The van der Waals surface area contributed by atoms with Gasteiger partial charge in [0.15, 0.2) is 5.78 Å². The fraction of sp³-hybridized carbons (Fsp3) is 0.111. The van der Waals surface area contributed by atoms with E-state index in [0.29, 0.717) is 5.56 Å². The van der Waals surface area contributed by atoms with Crippen molar-refractivity contribution >= 4 is 5.78 Å². The van der Waals surface area contributed by atoms with Gasteiger partial charge in [-0.2, -0.15) is 5.10 Å². The lowest BCUT2D eigenvalue weighted by Crippen LogP contribution is -2.16. The van der Waals surface area contributed by atoms with E-state index >= 15 is 0 Å². The summed E-state index contributed by atoms with van der Waals surface area (Å²) in [5, 5.41) is 4.33. The lowest BCUT2D eigenvalue weighted by molar-refractivity contribution is 0.0928. The van der Waals surface area contributed by atoms with E-state index < -0.39 is 0 Å². The third-order valence-corrected chi connectivity index (χ3v) is 3.54. The van der Waals surface area contributed by atoms with Crippen LogP contribution in [0.5, 0.6) is 0 Å². The molecule has 104 valence electrons. The number of carbonyl (C=O) groups excluding carboxylic acids is 1. The first-order chi connectivity index (χ1) is 10.3. The van der Waals surface area contributed by atoms with Crippen LogP contribution in [0.1, 0.15) is 23.3 Å². The smallest absolute Gasteiger partial charge is 0.187 e. The van der Waals surface area contributed by atoms with Gasteiger partial charge in [-0.25, -0.2) is 0 Å². The highest BCUT2D eigenvalue weighted by atomic mass is 16.1. The van der Waals surface area contributed by atoms with Crippen molar-refractivity contribution in [1.82, 2.24) is 9.78 Å². The summed E-state index contributed by atoms with van der Waals surface area (Å²) in [6.07, 6.45) is 3.71. The SMILES string of the molecule is CC(C(=O)c1ccccc1)n1cc(-c2ccccc2)cn1. The maximum Gasteiger partial charge on any atom is 0.187 e. The molecule has 0 radical (unpaired) electrons. The molecule has 1 atom stereocenters. The number of carbonyl (C=O) groups is 1. The molecular formula is C18H16N2O. The molecule has 0 spiro atoms. The highest BCUT2D eigenvalue weighted by molar-refractivity contribution is 5.98. The van der Waals surface area contributed by atoms with Gasteiger partial charge in [-0.15, -0.1) is 0 Å². The Labute approximate surface area is 123 Å². The Bertz CT molecular complexity index is 732. The normalized spacial score (nSPS) is 12.0. The number of Topliss-reactive ketones (excluding diaryl/α,β-unsaturated/α-hetero) is 1. The molecule has 3 aromatic rings. The quantitative estimate of drug-likeness (QED) is 0.675. The average Bonchev–Trinajstić information content (AvgIpc) is 3.05. The van der Waals surface area contributed by atoms with E-state index in [0.717, 1.165) is 11.1 Å². The largest absolute Gasteiger partial charge is 0.292 e. The third-order valence-electron chi connectivity index (χ3n) is 3.54. The minimum Gasteiger partial charge on any atom is -0.292 e. The van der Waals surface area contributed by atoms with Crippen molar-refractivity contribution < 1.29 is 4.79 Å². The fourth-order valence-electron chi connectivity index (χ4n) is 2.29. The summed E-state index contributed by atoms with van der Waals surface area (Å²) in [4.78, 5) is 12.4. The van der Waals surface area contributed by atoms with E-state index in [2.05, 4.69) is 5.10 Å². The zero-order valence-corrected chi connectivity index (χ0v) is 11.8. The lowest BCUT2D eigenvalue weighted by atomic mass is 10.1. The Morgan fingerprint density at radius 2 is 1.57 bits per heavy atom. The van der Waals surface area contributed by atoms with Gasteiger partial charge < -0.3 is 0 Å². The van der Waals surface area contributed by atoms with E-state index in [4.69, 9.17) is 0 Å². The van der Waals surface area contributed by atoms with Crippen LogP contribution in [-0.4, -0.2) is 15.6 Å². The zero-order chi connectivity index (χ0) is 14.7. The van der Waals surface area contributed by atoms with Crippen molar-refractivity contribution in [2.24, 2.45) is 0 Å². The number of hydrogen-bond acceptors (Lipinski definition) is 2. The maximum atomic E-state index is 12.4. The molecule has 0 saturated carbocycles. The van der Waals surface area contributed by atoms with E-state index in [-0.39, 0.29) is 11.8 Å². The van der Waals surface area contributed by atoms with E-state index in [1.807, 2.05) is 73.8 Å². The predicted octanol–water partition coefficient (Wildman–Crippen LogP) is 3.99. The van der Waals surface area contributed by atoms with Crippen molar-refractivity contribution in [1.29, 1.82) is 0 Å². The monoisotopic (exact) mass is 276 g/mol. The van der Waals surface area contributed by atoms with E-state index in [1.165, 1.54) is 0 Å². The molecule has 0 aliphatic carbocycles. The van der Waals surface area contributed by atoms with Crippen LogP contribution in [0, 0.1) is 0 Å². The van der Waals surface area contributed by atoms with E-state index in [9.17, 15) is 4.79 Å². The van der Waals surface area contributed by atoms with Crippen LogP contribution in [-0.2, 0) is 0 Å². The van der Waals surface area contributed by atoms with Crippen molar-refractivity contribution in [3.05, 3.63) is 78.6 Å². The summed E-state index contributed by atoms with van der Waals surface area (Å²) in [5.74, 6) is 0.0679. The Morgan fingerprint density at radius 1 is 0.952 bits per heavy atom. The molecule has 1 heterocycles. The van der Waals surface area contributed by atoms with Crippen LogP contribution in [0.15, 0.2) is 73.1 Å². The zero-order valence-electron chi connectivity index (χ0n) is 11.8. The van der Waals surface area contributed by atoms with Crippen molar-refractivity contribution in [3.8, 4) is 11.1 Å². The molecular weight excluding hydrogens is 260 g/mol. The Morgan fingerprint density at radius 3 is 2.24 bits per heavy atom. The Kier molecular flexibility index (Phi) is 3.65. The Hall–Kier alpha value is -2.68. The van der Waals surface area contributed by atoms with Crippen LogP contribution in [0.3, 0.4) is 0 Å². The number of nitrogens with zero attached hydrogens (tertiary/aromatic N) is 2. The summed E-state index contributed by atoms with van der Waals surface area (Å²) >= 11 is 0. The Balaban J connectivity index is 1.85. The lowest BCUT2D eigenvalue weighted by Gasteiger charge is -2.10. The minimum absolute atomic E-state index is 0.0679. The first-order valence-corrected chi connectivity index (χ1v) is 6.94. The van der Waals surface area contributed by atoms with Crippen LogP contribution in [0.2, 0.25) is 0 Å². The first-order valence-electron chi connectivity index (χ1n) is 6.94.